The highest BCUT2D eigenvalue weighted by molar-refractivity contribution is 7.99. The molecule has 1 fully saturated rings. The predicted molar refractivity (Wildman–Crippen MR) is 82.3 cm³/mol. The Balaban J connectivity index is 1.88. The number of nitrogens with two attached hydrogens (primary N) is 1. The minimum absolute atomic E-state index is 0.150. The maximum Gasteiger partial charge on any atom is 0.230 e. The van der Waals surface area contributed by atoms with E-state index in [0.717, 1.165) is 35.6 Å². The van der Waals surface area contributed by atoms with Crippen LogP contribution in [0, 0.1) is 0 Å². The monoisotopic (exact) mass is 276 g/mol. The largest absolute Gasteiger partial charge is 0.399 e. The predicted octanol–water partition coefficient (Wildman–Crippen LogP) is 2.34. The van der Waals surface area contributed by atoms with E-state index in [1.165, 1.54) is 0 Å². The lowest BCUT2D eigenvalue weighted by Gasteiger charge is -2.15. The van der Waals surface area contributed by atoms with Gasteiger partial charge in [0.05, 0.1) is 5.41 Å². The lowest BCUT2D eigenvalue weighted by Crippen LogP contribution is -2.36. The Morgan fingerprint density at radius 2 is 2.11 bits per heavy atom. The van der Waals surface area contributed by atoms with Crippen LogP contribution in [0.5, 0.6) is 0 Å². The summed E-state index contributed by atoms with van der Waals surface area (Å²) in [5.41, 5.74) is 7.21. The molecule has 0 unspecified atom stereocenters. The Morgan fingerprint density at radius 3 is 2.68 bits per heavy atom. The van der Waals surface area contributed by atoms with E-state index in [1.807, 2.05) is 30.3 Å². The fourth-order valence-corrected chi connectivity index (χ4v) is 2.73. The van der Waals surface area contributed by atoms with E-state index in [2.05, 4.69) is 11.9 Å². The van der Waals surface area contributed by atoms with Gasteiger partial charge in [-0.2, -0.15) is 11.8 Å². The van der Waals surface area contributed by atoms with E-state index in [-0.39, 0.29) is 11.3 Å². The smallest absolute Gasteiger partial charge is 0.230 e. The number of anilines is 1. The first-order valence-electron chi connectivity index (χ1n) is 6.52. The highest BCUT2D eigenvalue weighted by Gasteiger charge is 2.50. The molecular formula is C15H20N2OS. The van der Waals surface area contributed by atoms with Gasteiger partial charge in [-0.05, 0) is 30.5 Å². The van der Waals surface area contributed by atoms with Crippen molar-refractivity contribution < 1.29 is 4.79 Å². The number of amides is 1. The Labute approximate surface area is 118 Å². The van der Waals surface area contributed by atoms with E-state index < -0.39 is 0 Å². The van der Waals surface area contributed by atoms with E-state index >= 15 is 0 Å². The molecule has 0 aliphatic heterocycles. The number of rotatable bonds is 7. The molecule has 1 aromatic carbocycles. The number of carbonyl (C=O) groups excluding carboxylic acids is 1. The Hall–Kier alpha value is -1.42. The lowest BCUT2D eigenvalue weighted by atomic mass is 9.95. The molecule has 0 spiro atoms. The third kappa shape index (κ3) is 3.32. The van der Waals surface area contributed by atoms with Gasteiger partial charge >= 0.3 is 0 Å². The van der Waals surface area contributed by atoms with Crippen molar-refractivity contribution in [3.8, 4) is 0 Å². The van der Waals surface area contributed by atoms with Gasteiger partial charge in [-0.1, -0.05) is 18.2 Å². The normalized spacial score (nSPS) is 15.8. The van der Waals surface area contributed by atoms with Crippen molar-refractivity contribution in [2.75, 3.05) is 23.8 Å². The van der Waals surface area contributed by atoms with Crippen LogP contribution < -0.4 is 11.1 Å². The molecule has 0 radical (unpaired) electrons. The zero-order valence-electron chi connectivity index (χ0n) is 11.0. The number of hydrogen-bond acceptors (Lipinski definition) is 3. The SMILES string of the molecule is C=CCSCCNC(=O)C1(c2ccc(N)cc2)CC1. The van der Waals surface area contributed by atoms with Gasteiger partial charge in [0, 0.05) is 23.7 Å². The fourth-order valence-electron chi connectivity index (χ4n) is 2.15. The summed E-state index contributed by atoms with van der Waals surface area (Å²) in [7, 11) is 0. The van der Waals surface area contributed by atoms with Crippen molar-refractivity contribution in [2.45, 2.75) is 18.3 Å². The molecule has 3 nitrogen and oxygen atoms in total. The molecule has 0 bridgehead atoms. The number of hydrogen-bond donors (Lipinski definition) is 2. The molecule has 19 heavy (non-hydrogen) atoms. The minimum Gasteiger partial charge on any atom is -0.399 e. The molecule has 1 aromatic rings. The van der Waals surface area contributed by atoms with E-state index in [0.29, 0.717) is 6.54 Å². The molecule has 0 saturated heterocycles. The fraction of sp³-hybridized carbons (Fsp3) is 0.400. The molecular weight excluding hydrogens is 256 g/mol. The van der Waals surface area contributed by atoms with Crippen LogP contribution in [-0.4, -0.2) is 24.0 Å². The van der Waals surface area contributed by atoms with Gasteiger partial charge in [0.25, 0.3) is 0 Å². The van der Waals surface area contributed by atoms with Gasteiger partial charge in [0.2, 0.25) is 5.91 Å². The molecule has 0 atom stereocenters. The average molecular weight is 276 g/mol. The van der Waals surface area contributed by atoms with Gasteiger partial charge in [0.1, 0.15) is 0 Å². The van der Waals surface area contributed by atoms with Gasteiger partial charge in [-0.25, -0.2) is 0 Å². The molecule has 1 aliphatic carbocycles. The highest BCUT2D eigenvalue weighted by Crippen LogP contribution is 2.48. The van der Waals surface area contributed by atoms with Crippen LogP contribution in [0.1, 0.15) is 18.4 Å². The quantitative estimate of drug-likeness (QED) is 0.456. The Kier molecular flexibility index (Phi) is 4.53. The molecule has 102 valence electrons. The number of benzene rings is 1. The van der Waals surface area contributed by atoms with Crippen LogP contribution in [-0.2, 0) is 10.2 Å². The number of thioether (sulfide) groups is 1. The second-order valence-electron chi connectivity index (χ2n) is 4.82. The minimum atomic E-state index is -0.295. The van der Waals surface area contributed by atoms with Crippen LogP contribution >= 0.6 is 11.8 Å². The first-order valence-corrected chi connectivity index (χ1v) is 7.67. The van der Waals surface area contributed by atoms with Crippen LogP contribution in [0.2, 0.25) is 0 Å². The van der Waals surface area contributed by atoms with Gasteiger partial charge in [-0.15, -0.1) is 6.58 Å². The van der Waals surface area contributed by atoms with Gasteiger partial charge in [-0.3, -0.25) is 4.79 Å². The van der Waals surface area contributed by atoms with Crippen LogP contribution in [0.25, 0.3) is 0 Å². The van der Waals surface area contributed by atoms with Crippen LogP contribution in [0.15, 0.2) is 36.9 Å². The third-order valence-electron chi connectivity index (χ3n) is 3.42. The summed E-state index contributed by atoms with van der Waals surface area (Å²) < 4.78 is 0. The average Bonchev–Trinajstić information content (AvgIpc) is 3.21. The van der Waals surface area contributed by atoms with Gasteiger partial charge < -0.3 is 11.1 Å². The highest BCUT2D eigenvalue weighted by atomic mass is 32.2. The lowest BCUT2D eigenvalue weighted by molar-refractivity contribution is -0.123. The van der Waals surface area contributed by atoms with Crippen molar-refractivity contribution in [1.29, 1.82) is 0 Å². The molecule has 0 aromatic heterocycles. The first-order chi connectivity index (χ1) is 9.19. The maximum atomic E-state index is 12.3. The van der Waals surface area contributed by atoms with Crippen molar-refractivity contribution in [2.24, 2.45) is 0 Å². The maximum absolute atomic E-state index is 12.3. The van der Waals surface area contributed by atoms with Crippen molar-refractivity contribution in [1.82, 2.24) is 5.32 Å². The molecule has 3 N–H and O–H groups in total. The molecule has 4 heteroatoms. The van der Waals surface area contributed by atoms with Crippen molar-refractivity contribution in [3.05, 3.63) is 42.5 Å². The molecule has 0 heterocycles. The van der Waals surface area contributed by atoms with Crippen LogP contribution in [0.4, 0.5) is 5.69 Å². The van der Waals surface area contributed by atoms with Gasteiger partial charge in [0.15, 0.2) is 0 Å². The zero-order valence-corrected chi connectivity index (χ0v) is 11.8. The van der Waals surface area contributed by atoms with E-state index in [4.69, 9.17) is 5.73 Å². The molecule has 1 aliphatic rings. The summed E-state index contributed by atoms with van der Waals surface area (Å²) in [5, 5.41) is 3.03. The van der Waals surface area contributed by atoms with Crippen molar-refractivity contribution in [3.63, 3.8) is 0 Å². The number of carbonyl (C=O) groups is 1. The number of nitrogen functional groups attached to an aromatic ring is 1. The Morgan fingerprint density at radius 1 is 1.42 bits per heavy atom. The Bertz CT molecular complexity index is 452. The second kappa shape index (κ2) is 6.15. The summed E-state index contributed by atoms with van der Waals surface area (Å²) in [6.07, 6.45) is 3.74. The first kappa shape index (κ1) is 14.0. The molecule has 1 saturated carbocycles. The standard InChI is InChI=1S/C15H20N2OS/c1-2-10-19-11-9-17-14(18)15(7-8-15)12-3-5-13(16)6-4-12/h2-6H,1,7-11,16H2,(H,17,18). The van der Waals surface area contributed by atoms with Crippen molar-refractivity contribution >= 4 is 23.4 Å². The summed E-state index contributed by atoms with van der Waals surface area (Å²) in [4.78, 5) is 12.3. The number of nitrogens with one attached hydrogen (secondary N) is 1. The van der Waals surface area contributed by atoms with Crippen LogP contribution in [0.3, 0.4) is 0 Å². The summed E-state index contributed by atoms with van der Waals surface area (Å²) in [6, 6.07) is 7.66. The zero-order chi connectivity index (χ0) is 13.7. The second-order valence-corrected chi connectivity index (χ2v) is 5.97. The third-order valence-corrected chi connectivity index (χ3v) is 4.38. The summed E-state index contributed by atoms with van der Waals surface area (Å²) in [5.74, 6) is 2.01. The van der Waals surface area contributed by atoms with E-state index in [9.17, 15) is 4.79 Å². The molecule has 1 amide bonds. The molecule has 2 rings (SSSR count). The summed E-state index contributed by atoms with van der Waals surface area (Å²) in [6.45, 7) is 4.39. The topological polar surface area (TPSA) is 55.1 Å². The van der Waals surface area contributed by atoms with E-state index in [1.54, 1.807) is 11.8 Å². The summed E-state index contributed by atoms with van der Waals surface area (Å²) >= 11 is 1.77.